The summed E-state index contributed by atoms with van der Waals surface area (Å²) < 4.78 is 13.2. The number of anilines is 1. The smallest absolute Gasteiger partial charge is 0.240 e. The monoisotopic (exact) mass is 420 g/mol. The fourth-order valence-corrected chi connectivity index (χ4v) is 3.06. The van der Waals surface area contributed by atoms with Crippen LogP contribution in [-0.4, -0.2) is 39.7 Å². The molecule has 1 aromatic heterocycles. The Bertz CT molecular complexity index is 832. The molecule has 156 valence electrons. The Morgan fingerprint density at radius 2 is 1.79 bits per heavy atom. The van der Waals surface area contributed by atoms with Crippen LogP contribution in [-0.2, 0) is 20.9 Å². The maximum Gasteiger partial charge on any atom is 0.240 e. The Kier molecular flexibility index (Phi) is 7.83. The van der Waals surface area contributed by atoms with E-state index in [1.165, 1.54) is 28.4 Å². The van der Waals surface area contributed by atoms with Crippen LogP contribution in [0.2, 0.25) is 0 Å². The van der Waals surface area contributed by atoms with E-state index in [2.05, 4.69) is 15.6 Å². The number of benzene rings is 1. The van der Waals surface area contributed by atoms with Crippen LogP contribution in [0.25, 0.3) is 0 Å². The first kappa shape index (κ1) is 22.5. The summed E-state index contributed by atoms with van der Waals surface area (Å²) in [5.74, 6) is -1.35. The van der Waals surface area contributed by atoms with E-state index in [1.807, 2.05) is 20.8 Å². The number of amides is 3. The predicted octanol–water partition coefficient (Wildman–Crippen LogP) is 2.94. The molecule has 0 aliphatic heterocycles. The second-order valence-corrected chi connectivity index (χ2v) is 8.45. The van der Waals surface area contributed by atoms with Crippen molar-refractivity contribution in [1.29, 1.82) is 0 Å². The standard InChI is InChI=1S/C20H25FN4O3S/c1-20(2,3)24-17(27)13-25(12-14-4-6-15(21)7-5-14)18(28)9-8-16(26)23-19-22-10-11-29-19/h4-7,10-11H,8-9,12-13H2,1-3H3,(H,24,27)(H,22,23,26). The molecule has 7 nitrogen and oxygen atoms in total. The minimum absolute atomic E-state index is 0.0286. The zero-order chi connectivity index (χ0) is 21.4. The lowest BCUT2D eigenvalue weighted by Crippen LogP contribution is -2.47. The minimum atomic E-state index is -0.435. The zero-order valence-electron chi connectivity index (χ0n) is 16.7. The van der Waals surface area contributed by atoms with Crippen LogP contribution in [0.4, 0.5) is 9.52 Å². The highest BCUT2D eigenvalue weighted by Gasteiger charge is 2.21. The Hall–Kier alpha value is -2.81. The van der Waals surface area contributed by atoms with Crippen molar-refractivity contribution in [2.45, 2.75) is 45.7 Å². The lowest BCUT2D eigenvalue weighted by molar-refractivity contribution is -0.137. The van der Waals surface area contributed by atoms with Crippen molar-refractivity contribution in [3.8, 4) is 0 Å². The average Bonchev–Trinajstić information content (AvgIpc) is 3.12. The molecule has 0 aliphatic rings. The lowest BCUT2D eigenvalue weighted by Gasteiger charge is -2.26. The van der Waals surface area contributed by atoms with Crippen LogP contribution in [0.3, 0.4) is 0 Å². The highest BCUT2D eigenvalue weighted by atomic mass is 32.1. The van der Waals surface area contributed by atoms with Gasteiger partial charge in [0, 0.05) is 36.5 Å². The normalized spacial score (nSPS) is 11.0. The fourth-order valence-electron chi connectivity index (χ4n) is 2.52. The number of carbonyl (C=O) groups is 3. The molecule has 0 spiro atoms. The van der Waals surface area contributed by atoms with Crippen molar-refractivity contribution >= 4 is 34.2 Å². The number of hydrogen-bond donors (Lipinski definition) is 2. The molecule has 2 aromatic rings. The van der Waals surface area contributed by atoms with Crippen LogP contribution in [0.1, 0.15) is 39.2 Å². The molecule has 3 amide bonds. The predicted molar refractivity (Wildman–Crippen MR) is 110 cm³/mol. The number of nitrogens with one attached hydrogen (secondary N) is 2. The van der Waals surface area contributed by atoms with Gasteiger partial charge < -0.3 is 15.5 Å². The van der Waals surface area contributed by atoms with E-state index in [0.717, 1.165) is 0 Å². The number of halogens is 1. The Morgan fingerprint density at radius 3 is 2.38 bits per heavy atom. The van der Waals surface area contributed by atoms with E-state index in [-0.39, 0.29) is 49.5 Å². The van der Waals surface area contributed by atoms with Crippen LogP contribution in [0, 0.1) is 5.82 Å². The van der Waals surface area contributed by atoms with Crippen LogP contribution >= 0.6 is 11.3 Å². The molecule has 0 saturated carbocycles. The molecule has 0 bridgehead atoms. The van der Waals surface area contributed by atoms with Gasteiger partial charge in [-0.1, -0.05) is 12.1 Å². The van der Waals surface area contributed by atoms with Crippen molar-refractivity contribution in [2.75, 3.05) is 11.9 Å². The van der Waals surface area contributed by atoms with Gasteiger partial charge in [0.15, 0.2) is 5.13 Å². The molecule has 2 rings (SSSR count). The fraction of sp³-hybridized carbons (Fsp3) is 0.400. The third-order valence-electron chi connectivity index (χ3n) is 3.73. The van der Waals surface area contributed by atoms with Gasteiger partial charge in [-0.2, -0.15) is 0 Å². The minimum Gasteiger partial charge on any atom is -0.350 e. The molecule has 1 heterocycles. The number of hydrogen-bond acceptors (Lipinski definition) is 5. The van der Waals surface area contributed by atoms with E-state index >= 15 is 0 Å². The number of aromatic nitrogens is 1. The Morgan fingerprint density at radius 1 is 1.10 bits per heavy atom. The molecule has 0 radical (unpaired) electrons. The van der Waals surface area contributed by atoms with Gasteiger partial charge in [0.05, 0.1) is 6.54 Å². The van der Waals surface area contributed by atoms with Gasteiger partial charge in [0.2, 0.25) is 17.7 Å². The number of carbonyl (C=O) groups excluding carboxylic acids is 3. The number of rotatable bonds is 8. The number of nitrogens with zero attached hydrogens (tertiary/aromatic N) is 2. The molecular formula is C20H25FN4O3S. The lowest BCUT2D eigenvalue weighted by atomic mass is 10.1. The maximum absolute atomic E-state index is 13.2. The van der Waals surface area contributed by atoms with Crippen LogP contribution in [0.5, 0.6) is 0 Å². The highest BCUT2D eigenvalue weighted by Crippen LogP contribution is 2.12. The van der Waals surface area contributed by atoms with E-state index in [1.54, 1.807) is 23.7 Å². The van der Waals surface area contributed by atoms with Gasteiger partial charge >= 0.3 is 0 Å². The van der Waals surface area contributed by atoms with Crippen LogP contribution < -0.4 is 10.6 Å². The van der Waals surface area contributed by atoms with Crippen molar-refractivity contribution in [3.05, 3.63) is 47.2 Å². The third-order valence-corrected chi connectivity index (χ3v) is 4.42. The molecule has 0 aliphatic carbocycles. The maximum atomic E-state index is 13.2. The summed E-state index contributed by atoms with van der Waals surface area (Å²) in [5, 5.41) is 7.64. The van der Waals surface area contributed by atoms with E-state index in [4.69, 9.17) is 0 Å². The number of thiazole rings is 1. The summed E-state index contributed by atoms with van der Waals surface area (Å²) in [6, 6.07) is 5.72. The summed E-state index contributed by atoms with van der Waals surface area (Å²) in [4.78, 5) is 42.4. The second-order valence-electron chi connectivity index (χ2n) is 7.56. The first-order chi connectivity index (χ1) is 13.6. The molecule has 2 N–H and O–H groups in total. The summed E-state index contributed by atoms with van der Waals surface area (Å²) in [5.41, 5.74) is 0.255. The SMILES string of the molecule is CC(C)(C)NC(=O)CN(Cc1ccc(F)cc1)C(=O)CCC(=O)Nc1nccs1. The molecule has 0 saturated heterocycles. The van der Waals surface area contributed by atoms with Crippen molar-refractivity contribution < 1.29 is 18.8 Å². The highest BCUT2D eigenvalue weighted by molar-refractivity contribution is 7.13. The molecular weight excluding hydrogens is 395 g/mol. The van der Waals surface area contributed by atoms with Gasteiger partial charge in [-0.05, 0) is 38.5 Å². The molecule has 29 heavy (non-hydrogen) atoms. The summed E-state index contributed by atoms with van der Waals surface area (Å²) in [6.07, 6.45) is 1.49. The van der Waals surface area contributed by atoms with Gasteiger partial charge in [0.25, 0.3) is 0 Å². The quantitative estimate of drug-likeness (QED) is 0.687. The van der Waals surface area contributed by atoms with E-state index in [0.29, 0.717) is 10.7 Å². The van der Waals surface area contributed by atoms with Crippen molar-refractivity contribution in [1.82, 2.24) is 15.2 Å². The molecule has 1 aromatic carbocycles. The van der Waals surface area contributed by atoms with Crippen molar-refractivity contribution in [2.24, 2.45) is 0 Å². The summed E-state index contributed by atoms with van der Waals surface area (Å²) in [7, 11) is 0. The first-order valence-corrected chi connectivity index (χ1v) is 10.0. The first-order valence-electron chi connectivity index (χ1n) is 9.15. The van der Waals surface area contributed by atoms with Gasteiger partial charge in [-0.3, -0.25) is 14.4 Å². The summed E-state index contributed by atoms with van der Waals surface area (Å²) >= 11 is 1.29. The van der Waals surface area contributed by atoms with Crippen LogP contribution in [0.15, 0.2) is 35.8 Å². The van der Waals surface area contributed by atoms with Crippen molar-refractivity contribution in [3.63, 3.8) is 0 Å². The van der Waals surface area contributed by atoms with Gasteiger partial charge in [-0.15, -0.1) is 11.3 Å². The van der Waals surface area contributed by atoms with Gasteiger partial charge in [0.1, 0.15) is 5.82 Å². The summed E-state index contributed by atoms with van der Waals surface area (Å²) in [6.45, 7) is 5.53. The second kappa shape index (κ2) is 10.1. The van der Waals surface area contributed by atoms with Gasteiger partial charge in [-0.25, -0.2) is 9.37 Å². The molecule has 9 heteroatoms. The zero-order valence-corrected chi connectivity index (χ0v) is 17.5. The largest absolute Gasteiger partial charge is 0.350 e. The molecule has 0 unspecified atom stereocenters. The van der Waals surface area contributed by atoms with E-state index in [9.17, 15) is 18.8 Å². The molecule has 0 atom stereocenters. The Labute approximate surface area is 173 Å². The molecule has 0 fully saturated rings. The third kappa shape index (κ3) is 8.39. The Balaban J connectivity index is 1.99. The average molecular weight is 421 g/mol. The van der Waals surface area contributed by atoms with E-state index < -0.39 is 5.54 Å². The topological polar surface area (TPSA) is 91.4 Å².